The van der Waals surface area contributed by atoms with Gasteiger partial charge in [0.1, 0.15) is 5.56 Å². The molecule has 25 heavy (non-hydrogen) atoms. The van der Waals surface area contributed by atoms with Crippen molar-refractivity contribution in [3.05, 3.63) is 51.8 Å². The number of primary amides is 1. The smallest absolute Gasteiger partial charge is 0.264 e. The van der Waals surface area contributed by atoms with Gasteiger partial charge in [0, 0.05) is 13.0 Å². The Morgan fingerprint density at radius 3 is 2.24 bits per heavy atom. The molecule has 0 saturated carbocycles. The van der Waals surface area contributed by atoms with Crippen LogP contribution in [0, 0.1) is 6.92 Å². The first-order chi connectivity index (χ1) is 11.5. The van der Waals surface area contributed by atoms with E-state index in [1.165, 1.54) is 19.1 Å². The second kappa shape index (κ2) is 6.40. The molecule has 0 aliphatic carbocycles. The van der Waals surface area contributed by atoms with E-state index in [0.717, 1.165) is 29.7 Å². The second-order valence-corrected chi connectivity index (χ2v) is 6.90. The van der Waals surface area contributed by atoms with Crippen molar-refractivity contribution >= 4 is 21.8 Å². The summed E-state index contributed by atoms with van der Waals surface area (Å²) in [5.74, 6) is -2.30. The molecule has 0 aliphatic heterocycles. The van der Waals surface area contributed by atoms with Crippen molar-refractivity contribution in [2.24, 2.45) is 5.73 Å². The maximum atomic E-state index is 12.1. The molecule has 0 bridgehead atoms. The number of hydrogen-bond donors (Lipinski definition) is 3. The van der Waals surface area contributed by atoms with Crippen LogP contribution in [0.4, 0.5) is 0 Å². The molecular weight excluding hydrogens is 350 g/mol. The summed E-state index contributed by atoms with van der Waals surface area (Å²) in [5.41, 5.74) is 4.70. The van der Waals surface area contributed by atoms with Crippen LogP contribution in [0.25, 0.3) is 5.69 Å². The van der Waals surface area contributed by atoms with Crippen molar-refractivity contribution in [1.82, 2.24) is 9.29 Å². The van der Waals surface area contributed by atoms with Gasteiger partial charge in [0.2, 0.25) is 11.8 Å². The highest BCUT2D eigenvalue weighted by Crippen LogP contribution is 2.22. The van der Waals surface area contributed by atoms with E-state index in [1.54, 1.807) is 4.72 Å². The zero-order valence-corrected chi connectivity index (χ0v) is 14.1. The number of aryl methyl sites for hydroxylation is 1. The molecule has 2 rings (SSSR count). The Labute approximate surface area is 142 Å². The summed E-state index contributed by atoms with van der Waals surface area (Å²) in [5, 5.41) is 10.2. The van der Waals surface area contributed by atoms with Gasteiger partial charge in [-0.3, -0.25) is 14.4 Å². The summed E-state index contributed by atoms with van der Waals surface area (Å²) >= 11 is 0. The lowest BCUT2D eigenvalue weighted by Crippen LogP contribution is -2.28. The molecule has 1 aromatic carbocycles. The lowest BCUT2D eigenvalue weighted by molar-refractivity contribution is -0.117. The van der Waals surface area contributed by atoms with Crippen LogP contribution < -0.4 is 16.0 Å². The minimum atomic E-state index is -4.03. The third-order valence-electron chi connectivity index (χ3n) is 3.32. The van der Waals surface area contributed by atoms with Crippen LogP contribution in [-0.4, -0.2) is 29.9 Å². The number of benzene rings is 1. The summed E-state index contributed by atoms with van der Waals surface area (Å²) in [6.07, 6.45) is 0. The summed E-state index contributed by atoms with van der Waals surface area (Å²) < 4.78 is 26.4. The van der Waals surface area contributed by atoms with E-state index in [2.05, 4.69) is 0 Å². The number of sulfonamides is 1. The maximum absolute atomic E-state index is 12.1. The largest absolute Gasteiger partial charge is 0.494 e. The average molecular weight is 365 g/mol. The van der Waals surface area contributed by atoms with E-state index >= 15 is 0 Å². The first-order valence-corrected chi connectivity index (χ1v) is 8.42. The van der Waals surface area contributed by atoms with E-state index in [9.17, 15) is 27.9 Å². The van der Waals surface area contributed by atoms with Gasteiger partial charge in [-0.05, 0) is 36.8 Å². The molecule has 0 unspecified atom stereocenters. The third kappa shape index (κ3) is 3.53. The number of amides is 2. The predicted molar refractivity (Wildman–Crippen MR) is 88.0 cm³/mol. The molecule has 10 heteroatoms. The SMILES string of the molecule is CC(=O)NS(=O)(=O)c1ccc(-n2c(O)c(C(N)=O)c(C)cc2=O)cc1. The van der Waals surface area contributed by atoms with Crippen molar-refractivity contribution in [3.8, 4) is 11.6 Å². The Morgan fingerprint density at radius 2 is 1.76 bits per heavy atom. The average Bonchev–Trinajstić information content (AvgIpc) is 2.45. The van der Waals surface area contributed by atoms with Crippen LogP contribution in [0.15, 0.2) is 40.0 Å². The molecule has 0 saturated heterocycles. The fraction of sp³-hybridized carbons (Fsp3) is 0.133. The van der Waals surface area contributed by atoms with Crippen LogP contribution in [0.1, 0.15) is 22.8 Å². The van der Waals surface area contributed by atoms with Crippen molar-refractivity contribution in [3.63, 3.8) is 0 Å². The van der Waals surface area contributed by atoms with Crippen LogP contribution >= 0.6 is 0 Å². The molecule has 9 nitrogen and oxygen atoms in total. The number of pyridine rings is 1. The van der Waals surface area contributed by atoms with Gasteiger partial charge < -0.3 is 10.8 Å². The standard InChI is InChI=1S/C15H15N3O6S/c1-8-7-12(20)18(15(22)13(8)14(16)21)10-3-5-11(6-4-10)25(23,24)17-9(2)19/h3-7,22H,1-2H3,(H2,16,21)(H,17,19). The summed E-state index contributed by atoms with van der Waals surface area (Å²) in [4.78, 5) is 34.3. The fourth-order valence-corrected chi connectivity index (χ4v) is 3.28. The van der Waals surface area contributed by atoms with Gasteiger partial charge in [-0.15, -0.1) is 0 Å². The van der Waals surface area contributed by atoms with Gasteiger partial charge in [0.15, 0.2) is 0 Å². The molecule has 1 aromatic heterocycles. The van der Waals surface area contributed by atoms with E-state index in [0.29, 0.717) is 0 Å². The highest BCUT2D eigenvalue weighted by molar-refractivity contribution is 7.90. The molecule has 2 amide bonds. The number of carbonyl (C=O) groups excluding carboxylic acids is 2. The van der Waals surface area contributed by atoms with E-state index in [4.69, 9.17) is 5.73 Å². The number of hydrogen-bond acceptors (Lipinski definition) is 6. The van der Waals surface area contributed by atoms with Crippen molar-refractivity contribution in [2.45, 2.75) is 18.7 Å². The van der Waals surface area contributed by atoms with E-state index < -0.39 is 33.3 Å². The molecule has 0 atom stereocenters. The molecular formula is C15H15N3O6S. The van der Waals surface area contributed by atoms with Crippen LogP contribution in [0.5, 0.6) is 5.88 Å². The number of aromatic hydroxyl groups is 1. The summed E-state index contributed by atoms with van der Waals surface area (Å²) in [7, 11) is -4.03. The van der Waals surface area contributed by atoms with Gasteiger partial charge in [0.05, 0.1) is 10.6 Å². The highest BCUT2D eigenvalue weighted by Gasteiger charge is 2.19. The maximum Gasteiger partial charge on any atom is 0.264 e. The number of rotatable bonds is 4. The molecule has 0 spiro atoms. The van der Waals surface area contributed by atoms with Gasteiger partial charge in [0.25, 0.3) is 21.5 Å². The van der Waals surface area contributed by atoms with E-state index in [1.807, 2.05) is 0 Å². The number of nitrogens with one attached hydrogen (secondary N) is 1. The Balaban J connectivity index is 2.59. The Kier molecular flexibility index (Phi) is 4.66. The van der Waals surface area contributed by atoms with Crippen molar-refractivity contribution in [2.75, 3.05) is 0 Å². The lowest BCUT2D eigenvalue weighted by Gasteiger charge is -2.13. The van der Waals surface area contributed by atoms with Crippen molar-refractivity contribution < 1.29 is 23.1 Å². The molecule has 0 fully saturated rings. The third-order valence-corrected chi connectivity index (χ3v) is 4.77. The number of nitrogens with two attached hydrogens (primary N) is 1. The van der Waals surface area contributed by atoms with Gasteiger partial charge in [-0.1, -0.05) is 0 Å². The van der Waals surface area contributed by atoms with Gasteiger partial charge in [-0.2, -0.15) is 0 Å². The molecule has 0 radical (unpaired) electrons. The van der Waals surface area contributed by atoms with Crippen molar-refractivity contribution in [1.29, 1.82) is 0 Å². The first kappa shape index (κ1) is 18.2. The lowest BCUT2D eigenvalue weighted by atomic mass is 10.1. The zero-order chi connectivity index (χ0) is 18.9. The monoisotopic (exact) mass is 365 g/mol. The molecule has 2 aromatic rings. The summed E-state index contributed by atoms with van der Waals surface area (Å²) in [6, 6.07) is 5.92. The zero-order valence-electron chi connectivity index (χ0n) is 13.3. The minimum Gasteiger partial charge on any atom is -0.494 e. The van der Waals surface area contributed by atoms with Gasteiger partial charge >= 0.3 is 0 Å². The normalized spacial score (nSPS) is 11.1. The van der Waals surface area contributed by atoms with E-state index in [-0.39, 0.29) is 21.7 Å². The quantitative estimate of drug-likeness (QED) is 0.682. The minimum absolute atomic E-state index is 0.117. The van der Waals surface area contributed by atoms with Crippen LogP contribution in [-0.2, 0) is 14.8 Å². The molecule has 1 heterocycles. The molecule has 132 valence electrons. The van der Waals surface area contributed by atoms with Gasteiger partial charge in [-0.25, -0.2) is 17.7 Å². The Morgan fingerprint density at radius 1 is 1.20 bits per heavy atom. The summed E-state index contributed by atoms with van der Waals surface area (Å²) in [6.45, 7) is 2.51. The van der Waals surface area contributed by atoms with Crippen LogP contribution in [0.2, 0.25) is 0 Å². The predicted octanol–water partition coefficient (Wildman–Crippen LogP) is -0.225. The topological polar surface area (TPSA) is 149 Å². The number of nitrogens with zero attached hydrogens (tertiary/aromatic N) is 1. The Bertz CT molecular complexity index is 1020. The first-order valence-electron chi connectivity index (χ1n) is 6.94. The number of carbonyl (C=O) groups is 2. The molecule has 0 aliphatic rings. The van der Waals surface area contributed by atoms with Crippen LogP contribution in [0.3, 0.4) is 0 Å². The molecule has 4 N–H and O–H groups in total. The fourth-order valence-electron chi connectivity index (χ4n) is 2.29. The second-order valence-electron chi connectivity index (χ2n) is 5.22. The Hall–Kier alpha value is -3.14. The number of aromatic nitrogens is 1. The highest BCUT2D eigenvalue weighted by atomic mass is 32.2.